The number of hydrogen-bond acceptors (Lipinski definition) is 6. The van der Waals surface area contributed by atoms with Crippen LogP contribution in [0, 0.1) is 0 Å². The highest BCUT2D eigenvalue weighted by molar-refractivity contribution is 7.42. The SMILES string of the molecule is CCCCCC(CC)OP(Oc1ccccc1)Oc1ccccc1.OP(O)O. The van der Waals surface area contributed by atoms with Gasteiger partial charge in [-0.2, -0.15) is 0 Å². The van der Waals surface area contributed by atoms with E-state index in [9.17, 15) is 0 Å². The van der Waals surface area contributed by atoms with Crippen molar-refractivity contribution in [3.8, 4) is 11.5 Å². The van der Waals surface area contributed by atoms with Crippen LogP contribution in [0.1, 0.15) is 46.0 Å². The fourth-order valence-electron chi connectivity index (χ4n) is 2.27. The van der Waals surface area contributed by atoms with Crippen LogP contribution >= 0.6 is 17.2 Å². The Morgan fingerprint density at radius 1 is 0.786 bits per heavy atom. The highest BCUT2D eigenvalue weighted by Crippen LogP contribution is 2.43. The van der Waals surface area contributed by atoms with Crippen molar-refractivity contribution < 1.29 is 28.3 Å². The van der Waals surface area contributed by atoms with Crippen LogP contribution in [0.4, 0.5) is 0 Å². The molecule has 3 N–H and O–H groups in total. The van der Waals surface area contributed by atoms with E-state index >= 15 is 0 Å². The van der Waals surface area contributed by atoms with Gasteiger partial charge in [-0.1, -0.05) is 69.5 Å². The molecule has 0 aliphatic heterocycles. The lowest BCUT2D eigenvalue weighted by Gasteiger charge is -2.22. The van der Waals surface area contributed by atoms with E-state index in [0.717, 1.165) is 24.3 Å². The molecule has 28 heavy (non-hydrogen) atoms. The average molecular weight is 428 g/mol. The Labute approximate surface area is 170 Å². The summed E-state index contributed by atoms with van der Waals surface area (Å²) in [6.45, 7) is 4.36. The van der Waals surface area contributed by atoms with Gasteiger partial charge in [0, 0.05) is 0 Å². The fraction of sp³-hybridized carbons (Fsp3) is 0.400. The summed E-state index contributed by atoms with van der Waals surface area (Å²) in [4.78, 5) is 21.7. The lowest BCUT2D eigenvalue weighted by Crippen LogP contribution is -2.12. The van der Waals surface area contributed by atoms with E-state index in [-0.39, 0.29) is 6.10 Å². The second-order valence-electron chi connectivity index (χ2n) is 5.93. The second kappa shape index (κ2) is 15.6. The summed E-state index contributed by atoms with van der Waals surface area (Å²) in [5.74, 6) is 1.53. The van der Waals surface area contributed by atoms with Gasteiger partial charge in [0.2, 0.25) is 0 Å². The van der Waals surface area contributed by atoms with Gasteiger partial charge < -0.3 is 23.7 Å². The molecule has 156 valence electrons. The van der Waals surface area contributed by atoms with Crippen LogP contribution in [0.25, 0.3) is 0 Å². The summed E-state index contributed by atoms with van der Waals surface area (Å²) < 4.78 is 18.1. The van der Waals surface area contributed by atoms with E-state index in [2.05, 4.69) is 13.8 Å². The van der Waals surface area contributed by atoms with Gasteiger partial charge in [0.25, 0.3) is 0 Å². The Kier molecular flexibility index (Phi) is 13.8. The fourth-order valence-corrected chi connectivity index (χ4v) is 3.48. The normalized spacial score (nSPS) is 11.7. The zero-order valence-corrected chi connectivity index (χ0v) is 18.1. The average Bonchev–Trinajstić information content (AvgIpc) is 2.68. The number of benzene rings is 2. The molecule has 2 rings (SSSR count). The maximum Gasteiger partial charge on any atom is 0.463 e. The molecule has 0 fully saturated rings. The molecule has 8 heteroatoms. The minimum Gasteiger partial charge on any atom is -0.418 e. The van der Waals surface area contributed by atoms with Gasteiger partial charge in [-0.25, -0.2) is 0 Å². The molecule has 0 aliphatic carbocycles. The van der Waals surface area contributed by atoms with Crippen molar-refractivity contribution in [2.24, 2.45) is 0 Å². The third kappa shape index (κ3) is 12.2. The Bertz CT molecular complexity index is 556. The second-order valence-corrected chi connectivity index (χ2v) is 7.49. The zero-order valence-electron chi connectivity index (χ0n) is 16.3. The summed E-state index contributed by atoms with van der Waals surface area (Å²) in [5, 5.41) is 0. The van der Waals surface area contributed by atoms with Crippen LogP contribution in [0.3, 0.4) is 0 Å². The molecular formula is C20H30O6P2. The zero-order chi connectivity index (χ0) is 20.6. The predicted octanol–water partition coefficient (Wildman–Crippen LogP) is 5.94. The Morgan fingerprint density at radius 2 is 1.25 bits per heavy atom. The number of para-hydroxylation sites is 2. The van der Waals surface area contributed by atoms with Crippen LogP contribution in [0.5, 0.6) is 11.5 Å². The molecule has 2 aromatic rings. The molecular weight excluding hydrogens is 398 g/mol. The van der Waals surface area contributed by atoms with Crippen molar-refractivity contribution in [1.82, 2.24) is 0 Å². The minimum absolute atomic E-state index is 0.162. The molecule has 0 spiro atoms. The van der Waals surface area contributed by atoms with Crippen LogP contribution in [-0.4, -0.2) is 20.8 Å². The van der Waals surface area contributed by atoms with Crippen molar-refractivity contribution >= 4 is 17.2 Å². The molecule has 0 saturated heterocycles. The molecule has 0 saturated carbocycles. The van der Waals surface area contributed by atoms with Crippen LogP contribution < -0.4 is 9.05 Å². The number of unbranched alkanes of at least 4 members (excludes halogenated alkanes) is 2. The maximum absolute atomic E-state index is 7.23. The quantitative estimate of drug-likeness (QED) is 0.303. The molecule has 6 nitrogen and oxygen atoms in total. The van der Waals surface area contributed by atoms with Gasteiger partial charge in [0.05, 0.1) is 6.10 Å². The molecule has 0 radical (unpaired) electrons. The Morgan fingerprint density at radius 3 is 1.64 bits per heavy atom. The first-order valence-corrected chi connectivity index (χ1v) is 11.6. The van der Waals surface area contributed by atoms with Crippen molar-refractivity contribution in [3.63, 3.8) is 0 Å². The van der Waals surface area contributed by atoms with Crippen LogP contribution in [-0.2, 0) is 4.52 Å². The lowest BCUT2D eigenvalue weighted by molar-refractivity contribution is 0.162. The highest BCUT2D eigenvalue weighted by atomic mass is 31.2. The summed E-state index contributed by atoms with van der Waals surface area (Å²) in [5.41, 5.74) is 0. The summed E-state index contributed by atoms with van der Waals surface area (Å²) in [6.07, 6.45) is 5.78. The van der Waals surface area contributed by atoms with Gasteiger partial charge in [0.15, 0.2) is 0 Å². The summed E-state index contributed by atoms with van der Waals surface area (Å²) in [7, 11) is -4.10. The number of rotatable bonds is 11. The summed E-state index contributed by atoms with van der Waals surface area (Å²) >= 11 is 0. The molecule has 2 aromatic carbocycles. The lowest BCUT2D eigenvalue weighted by atomic mass is 10.1. The topological polar surface area (TPSA) is 88.4 Å². The predicted molar refractivity (Wildman–Crippen MR) is 114 cm³/mol. The monoisotopic (exact) mass is 428 g/mol. The van der Waals surface area contributed by atoms with Crippen molar-refractivity contribution in [3.05, 3.63) is 60.7 Å². The first-order valence-electron chi connectivity index (χ1n) is 9.34. The molecule has 0 bridgehead atoms. The van der Waals surface area contributed by atoms with Crippen molar-refractivity contribution in [2.45, 2.75) is 52.1 Å². The maximum atomic E-state index is 7.23. The van der Waals surface area contributed by atoms with E-state index < -0.39 is 17.2 Å². The van der Waals surface area contributed by atoms with E-state index in [0.29, 0.717) is 0 Å². The molecule has 0 heterocycles. The first kappa shape index (κ1) is 24.8. The van der Waals surface area contributed by atoms with E-state index in [1.54, 1.807) is 0 Å². The molecule has 0 aromatic heterocycles. The van der Waals surface area contributed by atoms with E-state index in [1.807, 2.05) is 60.7 Å². The van der Waals surface area contributed by atoms with E-state index in [1.165, 1.54) is 19.3 Å². The molecule has 1 atom stereocenters. The van der Waals surface area contributed by atoms with Gasteiger partial charge in [0.1, 0.15) is 11.5 Å². The van der Waals surface area contributed by atoms with Crippen LogP contribution in [0.2, 0.25) is 0 Å². The molecule has 0 amide bonds. The molecule has 0 aliphatic rings. The third-order valence-electron chi connectivity index (χ3n) is 3.67. The van der Waals surface area contributed by atoms with Gasteiger partial charge in [-0.05, 0) is 37.1 Å². The van der Waals surface area contributed by atoms with E-state index in [4.69, 9.17) is 28.3 Å². The van der Waals surface area contributed by atoms with Gasteiger partial charge in [-0.15, -0.1) is 0 Å². The molecule has 1 unspecified atom stereocenters. The van der Waals surface area contributed by atoms with Gasteiger partial charge >= 0.3 is 17.2 Å². The highest BCUT2D eigenvalue weighted by Gasteiger charge is 2.22. The Hall–Kier alpha value is -1.26. The van der Waals surface area contributed by atoms with Crippen molar-refractivity contribution in [2.75, 3.05) is 0 Å². The standard InChI is InChI=1S/C20H27O3P.H3O3P/c1-3-5-8-13-18(4-2)21-24(22-19-14-9-6-10-15-19)23-20-16-11-7-12-17-20;1-4(2)3/h6-7,9-12,14-18H,3-5,8,13H2,1-2H3;1-3H. The summed E-state index contributed by atoms with van der Waals surface area (Å²) in [6, 6.07) is 19.4. The van der Waals surface area contributed by atoms with Crippen molar-refractivity contribution in [1.29, 1.82) is 0 Å². The minimum atomic E-state index is -2.62. The third-order valence-corrected chi connectivity index (χ3v) is 4.86. The van der Waals surface area contributed by atoms with Gasteiger partial charge in [-0.3, -0.25) is 4.52 Å². The number of hydrogen-bond donors (Lipinski definition) is 3. The first-order chi connectivity index (χ1) is 13.5. The van der Waals surface area contributed by atoms with Crippen LogP contribution in [0.15, 0.2) is 60.7 Å². The largest absolute Gasteiger partial charge is 0.463 e. The smallest absolute Gasteiger partial charge is 0.418 e. The Balaban J connectivity index is 0.000000892.